The Morgan fingerprint density at radius 2 is 2.28 bits per heavy atom. The molecule has 3 aliphatic heterocycles. The molecule has 0 amide bonds. The van der Waals surface area contributed by atoms with Gasteiger partial charge in [0.15, 0.2) is 5.82 Å². The van der Waals surface area contributed by atoms with Crippen molar-refractivity contribution < 1.29 is 9.29 Å². The maximum Gasteiger partial charge on any atom is 0.224 e. The van der Waals surface area contributed by atoms with Crippen molar-refractivity contribution in [3.63, 3.8) is 0 Å². The third kappa shape index (κ3) is 1.56. The van der Waals surface area contributed by atoms with Crippen LogP contribution in [0, 0.1) is 0 Å². The van der Waals surface area contributed by atoms with Gasteiger partial charge in [-0.25, -0.2) is 4.98 Å². The highest BCUT2D eigenvalue weighted by Gasteiger charge is 2.53. The molecule has 4 rings (SSSR count). The topological polar surface area (TPSA) is 61.1 Å². The van der Waals surface area contributed by atoms with Crippen LogP contribution in [0.4, 0.5) is 5.82 Å². The second-order valence-corrected chi connectivity index (χ2v) is 6.64. The molecule has 5 nitrogen and oxygen atoms in total. The molecule has 0 radical (unpaired) electrons. The highest BCUT2D eigenvalue weighted by atomic mass is 35.5. The monoisotopic (exact) mass is 285 g/mol. The first-order valence-electron chi connectivity index (χ1n) is 6.06. The molecule has 0 N–H and O–H groups in total. The predicted molar refractivity (Wildman–Crippen MR) is 67.5 cm³/mol. The number of halogens is 1. The van der Waals surface area contributed by atoms with Gasteiger partial charge in [0, 0.05) is 13.0 Å². The van der Waals surface area contributed by atoms with Crippen LogP contribution in [-0.4, -0.2) is 45.6 Å². The van der Waals surface area contributed by atoms with Gasteiger partial charge in [0.25, 0.3) is 0 Å². The summed E-state index contributed by atoms with van der Waals surface area (Å²) in [6.07, 6.45) is 1.74. The van der Waals surface area contributed by atoms with Crippen LogP contribution < -0.4 is 4.90 Å². The highest BCUT2D eigenvalue weighted by Crippen LogP contribution is 2.44. The third-order valence-corrected chi connectivity index (χ3v) is 5.42. The summed E-state index contributed by atoms with van der Waals surface area (Å²) < 4.78 is 17.5. The third-order valence-electron chi connectivity index (χ3n) is 3.80. The number of ether oxygens (including phenoxy) is 1. The van der Waals surface area contributed by atoms with Gasteiger partial charge in [-0.15, -0.1) is 0 Å². The van der Waals surface area contributed by atoms with E-state index in [1.54, 1.807) is 0 Å². The van der Waals surface area contributed by atoms with E-state index in [-0.39, 0.29) is 5.28 Å². The molecule has 1 aromatic heterocycles. The van der Waals surface area contributed by atoms with E-state index in [1.165, 1.54) is 0 Å². The smallest absolute Gasteiger partial charge is 0.224 e. The summed E-state index contributed by atoms with van der Waals surface area (Å²) in [6.45, 7) is 1.52. The summed E-state index contributed by atoms with van der Waals surface area (Å²) in [5, 5.41) is 0.257. The maximum atomic E-state index is 12.1. The van der Waals surface area contributed by atoms with E-state index in [0.29, 0.717) is 17.8 Å². The molecule has 0 spiro atoms. The van der Waals surface area contributed by atoms with Gasteiger partial charge in [-0.05, 0) is 29.2 Å². The normalized spacial score (nSPS) is 33.2. The number of fused-ring (bicyclic) bond motifs is 2. The molecule has 0 bridgehead atoms. The minimum absolute atomic E-state index is 0.257. The number of hydrogen-bond donors (Lipinski definition) is 0. The molecule has 2 unspecified atom stereocenters. The van der Waals surface area contributed by atoms with Crippen molar-refractivity contribution in [2.75, 3.05) is 23.9 Å². The average molecular weight is 286 g/mol. The van der Waals surface area contributed by atoms with Crippen LogP contribution in [0.3, 0.4) is 0 Å². The van der Waals surface area contributed by atoms with Crippen molar-refractivity contribution in [2.45, 2.75) is 29.8 Å². The van der Waals surface area contributed by atoms with Gasteiger partial charge in [-0.2, -0.15) is 4.98 Å². The Balaban J connectivity index is 1.77. The van der Waals surface area contributed by atoms with Crippen molar-refractivity contribution in [3.8, 4) is 0 Å². The fourth-order valence-electron chi connectivity index (χ4n) is 2.90. The Kier molecular flexibility index (Phi) is 2.49. The van der Waals surface area contributed by atoms with Crippen molar-refractivity contribution in [1.82, 2.24) is 9.97 Å². The zero-order valence-corrected chi connectivity index (χ0v) is 11.2. The minimum Gasteiger partial charge on any atom is -0.611 e. The molecule has 4 heterocycles. The van der Waals surface area contributed by atoms with Gasteiger partial charge in [0.05, 0.1) is 18.7 Å². The second kappa shape index (κ2) is 3.96. The molecule has 3 aliphatic rings. The molecule has 0 aliphatic carbocycles. The Bertz CT molecular complexity index is 503. The SMILES string of the molecule is [O-][S+]1CCc2nc(Cl)nc(N3C4CCOC[C@H]43)c21. The molecule has 0 aromatic carbocycles. The summed E-state index contributed by atoms with van der Waals surface area (Å²) in [5.74, 6) is 1.41. The van der Waals surface area contributed by atoms with Crippen molar-refractivity contribution in [3.05, 3.63) is 11.0 Å². The van der Waals surface area contributed by atoms with E-state index < -0.39 is 11.2 Å². The number of rotatable bonds is 1. The quantitative estimate of drug-likeness (QED) is 0.433. The molecule has 7 heteroatoms. The van der Waals surface area contributed by atoms with E-state index in [9.17, 15) is 4.55 Å². The standard InChI is InChI=1S/C11H12ClN3O2S/c12-11-13-6-2-4-18(16)9(6)10(14-11)15-7-1-3-17-5-8(7)15/h7-8H,1-5H2/t7?,8-,15?,18?/m1/s1. The predicted octanol–water partition coefficient (Wildman–Crippen LogP) is 0.771. The van der Waals surface area contributed by atoms with Crippen molar-refractivity contribution >= 4 is 28.6 Å². The number of aromatic nitrogens is 2. The molecule has 0 saturated carbocycles. The van der Waals surface area contributed by atoms with Gasteiger partial charge in [0.2, 0.25) is 10.2 Å². The summed E-state index contributed by atoms with van der Waals surface area (Å²) >= 11 is 4.99. The van der Waals surface area contributed by atoms with E-state index in [4.69, 9.17) is 16.3 Å². The fraction of sp³-hybridized carbons (Fsp3) is 0.636. The Morgan fingerprint density at radius 1 is 1.39 bits per heavy atom. The lowest BCUT2D eigenvalue weighted by Gasteiger charge is -2.10. The first-order valence-corrected chi connectivity index (χ1v) is 7.76. The van der Waals surface area contributed by atoms with Crippen LogP contribution in [-0.2, 0) is 22.3 Å². The van der Waals surface area contributed by atoms with Crippen molar-refractivity contribution in [1.29, 1.82) is 0 Å². The van der Waals surface area contributed by atoms with Crippen LogP contribution in [0.5, 0.6) is 0 Å². The lowest BCUT2D eigenvalue weighted by Crippen LogP contribution is -2.14. The molecule has 1 aromatic rings. The van der Waals surface area contributed by atoms with Crippen LogP contribution in [0.2, 0.25) is 5.28 Å². The number of nitrogens with zero attached hydrogens (tertiary/aromatic N) is 3. The molecule has 3 atom stereocenters. The zero-order valence-electron chi connectivity index (χ0n) is 9.63. The lowest BCUT2D eigenvalue weighted by atomic mass is 10.2. The Morgan fingerprint density at radius 3 is 3.06 bits per heavy atom. The largest absolute Gasteiger partial charge is 0.611 e. The molecular formula is C11H12ClN3O2S. The van der Waals surface area contributed by atoms with Crippen LogP contribution in [0.1, 0.15) is 12.1 Å². The Hall–Kier alpha value is -0.560. The average Bonchev–Trinajstić information content (AvgIpc) is 2.98. The van der Waals surface area contributed by atoms with Crippen LogP contribution in [0.25, 0.3) is 0 Å². The van der Waals surface area contributed by atoms with Gasteiger partial charge in [0.1, 0.15) is 11.4 Å². The molecule has 18 heavy (non-hydrogen) atoms. The van der Waals surface area contributed by atoms with Crippen LogP contribution >= 0.6 is 11.6 Å². The first kappa shape index (κ1) is 11.3. The fourth-order valence-corrected chi connectivity index (χ4v) is 4.43. The maximum absolute atomic E-state index is 12.1. The Labute approximate surface area is 113 Å². The van der Waals surface area contributed by atoms with E-state index in [2.05, 4.69) is 14.9 Å². The molecule has 2 saturated heterocycles. The summed E-state index contributed by atoms with van der Waals surface area (Å²) in [6, 6.07) is 0.859. The van der Waals surface area contributed by atoms with Gasteiger partial charge in [-0.3, -0.25) is 0 Å². The highest BCUT2D eigenvalue weighted by molar-refractivity contribution is 7.91. The number of anilines is 1. The molecule has 2 fully saturated rings. The van der Waals surface area contributed by atoms with E-state index >= 15 is 0 Å². The molecular weight excluding hydrogens is 274 g/mol. The number of aryl methyl sites for hydroxylation is 1. The van der Waals surface area contributed by atoms with Gasteiger partial charge in [-0.1, -0.05) is 0 Å². The van der Waals surface area contributed by atoms with Gasteiger partial charge < -0.3 is 14.2 Å². The first-order chi connectivity index (χ1) is 8.75. The van der Waals surface area contributed by atoms with Crippen molar-refractivity contribution in [2.24, 2.45) is 0 Å². The summed E-state index contributed by atoms with van der Waals surface area (Å²) in [4.78, 5) is 11.5. The summed E-state index contributed by atoms with van der Waals surface area (Å²) in [7, 11) is 0. The zero-order chi connectivity index (χ0) is 12.3. The van der Waals surface area contributed by atoms with Gasteiger partial charge >= 0.3 is 0 Å². The lowest BCUT2D eigenvalue weighted by molar-refractivity contribution is 0.114. The number of hydrogen-bond acceptors (Lipinski definition) is 5. The minimum atomic E-state index is -0.978. The molecule has 96 valence electrons. The van der Waals surface area contributed by atoms with E-state index in [1.807, 2.05) is 0 Å². The summed E-state index contributed by atoms with van der Waals surface area (Å²) in [5.41, 5.74) is 0.855. The van der Waals surface area contributed by atoms with Crippen LogP contribution in [0.15, 0.2) is 4.90 Å². The second-order valence-electron chi connectivity index (χ2n) is 4.80. The van der Waals surface area contributed by atoms with E-state index in [0.717, 1.165) is 42.5 Å².